The topological polar surface area (TPSA) is 81.2 Å². The molecule has 6 nitrogen and oxygen atoms in total. The van der Waals surface area contributed by atoms with E-state index < -0.39 is 10.0 Å². The lowest BCUT2D eigenvalue weighted by Gasteiger charge is -2.16. The molecule has 8 heteroatoms. The Morgan fingerprint density at radius 1 is 1.35 bits per heavy atom. The fourth-order valence-electron chi connectivity index (χ4n) is 1.78. The van der Waals surface area contributed by atoms with E-state index in [0.717, 1.165) is 4.31 Å². The van der Waals surface area contributed by atoms with Crippen molar-refractivity contribution in [1.82, 2.24) is 14.1 Å². The van der Waals surface area contributed by atoms with Crippen LogP contribution in [-0.4, -0.2) is 29.6 Å². The molecule has 108 valence electrons. The lowest BCUT2D eigenvalue weighted by Crippen LogP contribution is -2.26. The number of halogens is 1. The average Bonchev–Trinajstić information content (AvgIpc) is 2.72. The summed E-state index contributed by atoms with van der Waals surface area (Å²) in [7, 11) is -0.698. The van der Waals surface area contributed by atoms with E-state index in [1.54, 1.807) is 7.05 Å². The van der Waals surface area contributed by atoms with Crippen LogP contribution in [0.15, 0.2) is 35.4 Å². The molecule has 0 fully saturated rings. The summed E-state index contributed by atoms with van der Waals surface area (Å²) in [6.45, 7) is 0.122. The fourth-order valence-corrected chi connectivity index (χ4v) is 3.03. The molecule has 0 aliphatic carbocycles. The Hall–Kier alpha value is -1.93. The van der Waals surface area contributed by atoms with Crippen molar-refractivity contribution < 1.29 is 12.8 Å². The van der Waals surface area contributed by atoms with Gasteiger partial charge in [0, 0.05) is 26.8 Å². The number of nitrogens with zero attached hydrogens (tertiary/aromatic N) is 3. The number of rotatable bonds is 4. The van der Waals surface area contributed by atoms with Crippen molar-refractivity contribution in [3.63, 3.8) is 0 Å². The van der Waals surface area contributed by atoms with Gasteiger partial charge in [-0.1, -0.05) is 12.1 Å². The van der Waals surface area contributed by atoms with Crippen molar-refractivity contribution >= 4 is 15.8 Å². The molecule has 2 rings (SSSR count). The summed E-state index contributed by atoms with van der Waals surface area (Å²) >= 11 is 0. The van der Waals surface area contributed by atoms with Crippen LogP contribution in [-0.2, 0) is 23.6 Å². The molecule has 0 saturated carbocycles. The third-order valence-corrected chi connectivity index (χ3v) is 4.65. The second-order valence-corrected chi connectivity index (χ2v) is 6.45. The van der Waals surface area contributed by atoms with Crippen LogP contribution >= 0.6 is 0 Å². The van der Waals surface area contributed by atoms with Gasteiger partial charge in [-0.3, -0.25) is 4.68 Å². The van der Waals surface area contributed by atoms with Crippen LogP contribution in [0.5, 0.6) is 0 Å². The van der Waals surface area contributed by atoms with Gasteiger partial charge in [0.25, 0.3) is 0 Å². The molecule has 1 heterocycles. The molecule has 0 saturated heterocycles. The number of nitrogen functional groups attached to an aromatic ring is 1. The zero-order chi connectivity index (χ0) is 14.9. The minimum Gasteiger partial charge on any atom is -0.381 e. The van der Waals surface area contributed by atoms with E-state index in [2.05, 4.69) is 5.10 Å². The SMILES string of the molecule is CN(Cc1ccc(F)cc1)S(=O)(=O)c1cn(C)nc1N. The largest absolute Gasteiger partial charge is 0.381 e. The zero-order valence-electron chi connectivity index (χ0n) is 11.1. The molecule has 20 heavy (non-hydrogen) atoms. The van der Waals surface area contributed by atoms with E-state index >= 15 is 0 Å². The van der Waals surface area contributed by atoms with Crippen LogP contribution in [0.25, 0.3) is 0 Å². The van der Waals surface area contributed by atoms with E-state index in [0.29, 0.717) is 5.56 Å². The first-order valence-electron chi connectivity index (χ1n) is 5.80. The summed E-state index contributed by atoms with van der Waals surface area (Å²) in [5, 5.41) is 3.82. The molecule has 0 unspecified atom stereocenters. The highest BCUT2D eigenvalue weighted by molar-refractivity contribution is 7.89. The van der Waals surface area contributed by atoms with Crippen molar-refractivity contribution in [2.45, 2.75) is 11.4 Å². The van der Waals surface area contributed by atoms with E-state index in [-0.39, 0.29) is 23.1 Å². The maximum atomic E-state index is 12.8. The van der Waals surface area contributed by atoms with Gasteiger partial charge in [0.2, 0.25) is 10.0 Å². The van der Waals surface area contributed by atoms with E-state index in [1.807, 2.05) is 0 Å². The first-order chi connectivity index (χ1) is 9.30. The number of sulfonamides is 1. The highest BCUT2D eigenvalue weighted by Gasteiger charge is 2.25. The van der Waals surface area contributed by atoms with E-state index in [1.165, 1.54) is 42.2 Å². The molecule has 0 amide bonds. The van der Waals surface area contributed by atoms with Crippen molar-refractivity contribution in [1.29, 1.82) is 0 Å². The Labute approximate surface area is 116 Å². The fraction of sp³-hybridized carbons (Fsp3) is 0.250. The third kappa shape index (κ3) is 2.81. The molecule has 0 atom stereocenters. The van der Waals surface area contributed by atoms with Crippen molar-refractivity contribution in [2.24, 2.45) is 7.05 Å². The van der Waals surface area contributed by atoms with Crippen LogP contribution in [0.3, 0.4) is 0 Å². The predicted octanol–water partition coefficient (Wildman–Crippen LogP) is 0.962. The second kappa shape index (κ2) is 5.22. The van der Waals surface area contributed by atoms with Gasteiger partial charge in [-0.05, 0) is 17.7 Å². The number of aryl methyl sites for hydroxylation is 1. The van der Waals surface area contributed by atoms with Gasteiger partial charge in [-0.25, -0.2) is 12.8 Å². The maximum absolute atomic E-state index is 12.8. The number of benzene rings is 1. The standard InChI is InChI=1S/C12H15FN4O2S/c1-16-8-11(12(14)15-16)20(18,19)17(2)7-9-3-5-10(13)6-4-9/h3-6,8H,7H2,1-2H3,(H2,14,15). The quantitative estimate of drug-likeness (QED) is 0.911. The number of hydrogen-bond acceptors (Lipinski definition) is 4. The summed E-state index contributed by atoms with van der Waals surface area (Å²) in [5.74, 6) is -0.408. The number of anilines is 1. The van der Waals surface area contributed by atoms with Crippen molar-refractivity contribution in [3.05, 3.63) is 41.8 Å². The molecule has 0 radical (unpaired) electrons. The lowest BCUT2D eigenvalue weighted by molar-refractivity contribution is 0.466. The zero-order valence-corrected chi connectivity index (χ0v) is 11.9. The lowest BCUT2D eigenvalue weighted by atomic mass is 10.2. The third-order valence-electron chi connectivity index (χ3n) is 2.83. The van der Waals surface area contributed by atoms with E-state index in [4.69, 9.17) is 5.73 Å². The molecule has 1 aromatic carbocycles. The van der Waals surface area contributed by atoms with Gasteiger partial charge < -0.3 is 5.73 Å². The van der Waals surface area contributed by atoms with Gasteiger partial charge in [-0.15, -0.1) is 0 Å². The summed E-state index contributed by atoms with van der Waals surface area (Å²) in [6.07, 6.45) is 1.35. The van der Waals surface area contributed by atoms with Crippen molar-refractivity contribution in [2.75, 3.05) is 12.8 Å². The van der Waals surface area contributed by atoms with Gasteiger partial charge in [-0.2, -0.15) is 9.40 Å². The van der Waals surface area contributed by atoms with Gasteiger partial charge >= 0.3 is 0 Å². The van der Waals surface area contributed by atoms with Gasteiger partial charge in [0.1, 0.15) is 10.7 Å². The first kappa shape index (κ1) is 14.5. The summed E-state index contributed by atoms with van der Waals surface area (Å²) in [4.78, 5) is -0.0374. The van der Waals surface area contributed by atoms with E-state index in [9.17, 15) is 12.8 Å². The molecular formula is C12H15FN4O2S. The smallest absolute Gasteiger partial charge is 0.248 e. The van der Waals surface area contributed by atoms with Crippen LogP contribution in [0, 0.1) is 5.82 Å². The molecule has 0 spiro atoms. The number of nitrogens with two attached hydrogens (primary N) is 1. The Kier molecular flexibility index (Phi) is 3.78. The van der Waals surface area contributed by atoms with Crippen LogP contribution in [0.1, 0.15) is 5.56 Å². The van der Waals surface area contributed by atoms with Gasteiger partial charge in [0.15, 0.2) is 5.82 Å². The number of aromatic nitrogens is 2. The summed E-state index contributed by atoms with van der Waals surface area (Å²) < 4.78 is 40.0. The minimum absolute atomic E-state index is 0.0374. The maximum Gasteiger partial charge on any atom is 0.248 e. The molecule has 0 bridgehead atoms. The second-order valence-electron chi connectivity index (χ2n) is 4.44. The van der Waals surface area contributed by atoms with Crippen LogP contribution in [0.2, 0.25) is 0 Å². The summed E-state index contributed by atoms with van der Waals surface area (Å²) in [6, 6.07) is 5.64. The molecule has 0 aliphatic heterocycles. The van der Waals surface area contributed by atoms with Crippen molar-refractivity contribution in [3.8, 4) is 0 Å². The van der Waals surface area contributed by atoms with Gasteiger partial charge in [0.05, 0.1) is 0 Å². The molecular weight excluding hydrogens is 283 g/mol. The number of hydrogen-bond donors (Lipinski definition) is 1. The Morgan fingerprint density at radius 3 is 2.45 bits per heavy atom. The first-order valence-corrected chi connectivity index (χ1v) is 7.24. The highest BCUT2D eigenvalue weighted by atomic mass is 32.2. The Balaban J connectivity index is 2.25. The minimum atomic E-state index is -3.73. The molecule has 0 aliphatic rings. The average molecular weight is 298 g/mol. The van der Waals surface area contributed by atoms with Crippen LogP contribution in [0.4, 0.5) is 10.2 Å². The molecule has 2 aromatic rings. The Bertz CT molecular complexity index is 710. The Morgan fingerprint density at radius 2 is 1.95 bits per heavy atom. The predicted molar refractivity (Wildman–Crippen MR) is 72.7 cm³/mol. The highest BCUT2D eigenvalue weighted by Crippen LogP contribution is 2.21. The monoisotopic (exact) mass is 298 g/mol. The molecule has 1 aromatic heterocycles. The van der Waals surface area contributed by atoms with Crippen LogP contribution < -0.4 is 5.73 Å². The molecule has 2 N–H and O–H groups in total. The summed E-state index contributed by atoms with van der Waals surface area (Å²) in [5.41, 5.74) is 6.27. The normalized spacial score (nSPS) is 12.0.